The number of aromatic nitrogens is 2. The average molecular weight is 344 g/mol. The number of carbonyl (C=O) groups is 2. The SMILES string of the molecule is Cc1nc(CNC(=O)C2CC(=O)N(Cc3cccnc3)C2)sc1C. The van der Waals surface area contributed by atoms with Gasteiger partial charge < -0.3 is 10.2 Å². The van der Waals surface area contributed by atoms with Gasteiger partial charge in [0.2, 0.25) is 11.8 Å². The summed E-state index contributed by atoms with van der Waals surface area (Å²) in [4.78, 5) is 35.8. The quantitative estimate of drug-likeness (QED) is 0.898. The van der Waals surface area contributed by atoms with Crippen LogP contribution in [0.3, 0.4) is 0 Å². The minimum atomic E-state index is -0.295. The minimum absolute atomic E-state index is 0.0138. The second-order valence-electron chi connectivity index (χ2n) is 6.00. The maximum absolute atomic E-state index is 12.3. The van der Waals surface area contributed by atoms with Crippen molar-refractivity contribution in [1.82, 2.24) is 20.2 Å². The molecular weight excluding hydrogens is 324 g/mol. The van der Waals surface area contributed by atoms with Crippen LogP contribution in [-0.4, -0.2) is 33.2 Å². The molecule has 0 aliphatic carbocycles. The Morgan fingerprint density at radius 1 is 1.46 bits per heavy atom. The molecule has 6 nitrogen and oxygen atoms in total. The molecule has 0 spiro atoms. The van der Waals surface area contributed by atoms with Crippen LogP contribution in [0.4, 0.5) is 0 Å². The van der Waals surface area contributed by atoms with Gasteiger partial charge >= 0.3 is 0 Å². The molecule has 2 aromatic rings. The van der Waals surface area contributed by atoms with Crippen molar-refractivity contribution < 1.29 is 9.59 Å². The van der Waals surface area contributed by atoms with Crippen molar-refractivity contribution in [3.05, 3.63) is 45.7 Å². The first-order chi connectivity index (χ1) is 11.5. The summed E-state index contributed by atoms with van der Waals surface area (Å²) in [6.45, 7) is 5.36. The molecule has 0 saturated carbocycles. The van der Waals surface area contributed by atoms with E-state index in [-0.39, 0.29) is 24.2 Å². The number of likely N-dealkylation sites (tertiary alicyclic amines) is 1. The fraction of sp³-hybridized carbons (Fsp3) is 0.412. The molecule has 1 aliphatic rings. The number of rotatable bonds is 5. The van der Waals surface area contributed by atoms with Crippen molar-refractivity contribution in [3.8, 4) is 0 Å². The van der Waals surface area contributed by atoms with Crippen molar-refractivity contribution in [1.29, 1.82) is 0 Å². The summed E-state index contributed by atoms with van der Waals surface area (Å²) in [6, 6.07) is 3.78. The first-order valence-electron chi connectivity index (χ1n) is 7.90. The maximum atomic E-state index is 12.3. The van der Waals surface area contributed by atoms with E-state index in [9.17, 15) is 9.59 Å². The first kappa shape index (κ1) is 16.6. The highest BCUT2D eigenvalue weighted by Gasteiger charge is 2.34. The predicted octanol–water partition coefficient (Wildman–Crippen LogP) is 1.82. The van der Waals surface area contributed by atoms with Gasteiger partial charge in [0.05, 0.1) is 18.2 Å². The van der Waals surface area contributed by atoms with Gasteiger partial charge in [-0.05, 0) is 25.5 Å². The average Bonchev–Trinajstić information content (AvgIpc) is 3.09. The number of carbonyl (C=O) groups excluding carboxylic acids is 2. The standard InChI is InChI=1S/C17H20N4O2S/c1-11-12(2)24-15(20-11)8-19-17(23)14-6-16(22)21(10-14)9-13-4-3-5-18-7-13/h3-5,7,14H,6,8-10H2,1-2H3,(H,19,23). The maximum Gasteiger partial charge on any atom is 0.225 e. The normalized spacial score (nSPS) is 17.3. The van der Waals surface area contributed by atoms with Gasteiger partial charge in [-0.3, -0.25) is 14.6 Å². The van der Waals surface area contributed by atoms with Gasteiger partial charge in [0.15, 0.2) is 0 Å². The van der Waals surface area contributed by atoms with Gasteiger partial charge in [0.1, 0.15) is 5.01 Å². The van der Waals surface area contributed by atoms with E-state index in [1.807, 2.05) is 26.0 Å². The summed E-state index contributed by atoms with van der Waals surface area (Å²) in [5, 5.41) is 3.80. The van der Waals surface area contributed by atoms with Crippen LogP contribution in [0, 0.1) is 19.8 Å². The molecule has 7 heteroatoms. The van der Waals surface area contributed by atoms with Gasteiger partial charge in [0.25, 0.3) is 0 Å². The lowest BCUT2D eigenvalue weighted by Gasteiger charge is -2.16. The molecule has 126 valence electrons. The van der Waals surface area contributed by atoms with Crippen LogP contribution < -0.4 is 5.32 Å². The van der Waals surface area contributed by atoms with E-state index in [4.69, 9.17) is 0 Å². The number of nitrogens with one attached hydrogen (secondary N) is 1. The summed E-state index contributed by atoms with van der Waals surface area (Å²) >= 11 is 1.59. The summed E-state index contributed by atoms with van der Waals surface area (Å²) in [5.41, 5.74) is 1.98. The highest BCUT2D eigenvalue weighted by atomic mass is 32.1. The number of pyridine rings is 1. The van der Waals surface area contributed by atoms with E-state index in [0.717, 1.165) is 21.1 Å². The molecule has 3 rings (SSSR count). The molecule has 2 amide bonds. The summed E-state index contributed by atoms with van der Waals surface area (Å²) in [7, 11) is 0. The van der Waals surface area contributed by atoms with E-state index in [2.05, 4.69) is 15.3 Å². The van der Waals surface area contributed by atoms with E-state index in [0.29, 0.717) is 19.6 Å². The predicted molar refractivity (Wildman–Crippen MR) is 91.2 cm³/mol. The lowest BCUT2D eigenvalue weighted by molar-refractivity contribution is -0.129. The highest BCUT2D eigenvalue weighted by Crippen LogP contribution is 2.21. The number of nitrogens with zero attached hydrogens (tertiary/aromatic N) is 3. The van der Waals surface area contributed by atoms with Gasteiger partial charge in [-0.15, -0.1) is 11.3 Å². The third-order valence-corrected chi connectivity index (χ3v) is 5.24. The Labute approximate surface area is 144 Å². The lowest BCUT2D eigenvalue weighted by Crippen LogP contribution is -2.32. The van der Waals surface area contributed by atoms with Crippen LogP contribution in [0.5, 0.6) is 0 Å². The molecule has 1 atom stereocenters. The fourth-order valence-corrected chi connectivity index (χ4v) is 3.61. The second kappa shape index (κ2) is 7.09. The number of aryl methyl sites for hydroxylation is 2. The molecule has 0 bridgehead atoms. The second-order valence-corrected chi connectivity index (χ2v) is 7.29. The zero-order valence-electron chi connectivity index (χ0n) is 13.8. The Bertz CT molecular complexity index is 725. The Morgan fingerprint density at radius 3 is 2.96 bits per heavy atom. The Hall–Kier alpha value is -2.28. The van der Waals surface area contributed by atoms with Crippen molar-refractivity contribution in [3.63, 3.8) is 0 Å². The van der Waals surface area contributed by atoms with Crippen molar-refractivity contribution in [2.45, 2.75) is 33.4 Å². The highest BCUT2D eigenvalue weighted by molar-refractivity contribution is 7.11. The molecule has 3 heterocycles. The molecule has 2 aromatic heterocycles. The Kier molecular flexibility index (Phi) is 4.89. The smallest absolute Gasteiger partial charge is 0.225 e. The van der Waals surface area contributed by atoms with Crippen molar-refractivity contribution in [2.24, 2.45) is 5.92 Å². The van der Waals surface area contributed by atoms with Gasteiger partial charge in [-0.1, -0.05) is 6.07 Å². The third-order valence-electron chi connectivity index (χ3n) is 4.17. The largest absolute Gasteiger partial charge is 0.349 e. The minimum Gasteiger partial charge on any atom is -0.349 e. The van der Waals surface area contributed by atoms with Crippen molar-refractivity contribution in [2.75, 3.05) is 6.54 Å². The molecule has 1 fully saturated rings. The lowest BCUT2D eigenvalue weighted by atomic mass is 10.1. The monoisotopic (exact) mass is 344 g/mol. The summed E-state index contributed by atoms with van der Waals surface area (Å²) in [6.07, 6.45) is 3.71. The molecule has 1 unspecified atom stereocenters. The fourth-order valence-electron chi connectivity index (χ4n) is 2.73. The molecule has 24 heavy (non-hydrogen) atoms. The van der Waals surface area contributed by atoms with Gasteiger partial charge in [-0.25, -0.2) is 4.98 Å². The summed E-state index contributed by atoms with van der Waals surface area (Å²) < 4.78 is 0. The van der Waals surface area contributed by atoms with E-state index < -0.39 is 0 Å². The van der Waals surface area contributed by atoms with Crippen LogP contribution in [0.25, 0.3) is 0 Å². The van der Waals surface area contributed by atoms with Crippen LogP contribution in [-0.2, 0) is 22.7 Å². The van der Waals surface area contributed by atoms with E-state index in [1.165, 1.54) is 0 Å². The third kappa shape index (κ3) is 3.79. The van der Waals surface area contributed by atoms with Crippen molar-refractivity contribution >= 4 is 23.2 Å². The number of thiazole rings is 1. The molecule has 0 radical (unpaired) electrons. The van der Waals surface area contributed by atoms with Crippen LogP contribution in [0.2, 0.25) is 0 Å². The van der Waals surface area contributed by atoms with Crippen LogP contribution in [0.15, 0.2) is 24.5 Å². The van der Waals surface area contributed by atoms with E-state index >= 15 is 0 Å². The zero-order valence-corrected chi connectivity index (χ0v) is 14.6. The molecule has 1 N–H and O–H groups in total. The molecule has 1 saturated heterocycles. The number of hydrogen-bond donors (Lipinski definition) is 1. The van der Waals surface area contributed by atoms with Crippen LogP contribution >= 0.6 is 11.3 Å². The Morgan fingerprint density at radius 2 is 2.29 bits per heavy atom. The topological polar surface area (TPSA) is 75.2 Å². The number of hydrogen-bond acceptors (Lipinski definition) is 5. The van der Waals surface area contributed by atoms with Gasteiger partial charge in [0, 0.05) is 36.8 Å². The van der Waals surface area contributed by atoms with Gasteiger partial charge in [-0.2, -0.15) is 0 Å². The molecule has 0 aromatic carbocycles. The van der Waals surface area contributed by atoms with Crippen LogP contribution in [0.1, 0.15) is 27.6 Å². The first-order valence-corrected chi connectivity index (χ1v) is 8.72. The Balaban J connectivity index is 1.53. The molecule has 1 aliphatic heterocycles. The summed E-state index contributed by atoms with van der Waals surface area (Å²) in [5.74, 6) is -0.362. The zero-order chi connectivity index (χ0) is 17.1. The number of amides is 2. The molecular formula is C17H20N4O2S. The van der Waals surface area contributed by atoms with E-state index in [1.54, 1.807) is 28.6 Å².